The van der Waals surface area contributed by atoms with E-state index in [2.05, 4.69) is 18.3 Å². The fourth-order valence-corrected chi connectivity index (χ4v) is 2.43. The van der Waals surface area contributed by atoms with Crippen molar-refractivity contribution in [3.8, 4) is 6.07 Å². The van der Waals surface area contributed by atoms with Gasteiger partial charge >= 0.3 is 0 Å². The van der Waals surface area contributed by atoms with Crippen molar-refractivity contribution in [2.24, 2.45) is 0 Å². The van der Waals surface area contributed by atoms with Crippen molar-refractivity contribution in [1.82, 2.24) is 5.32 Å². The van der Waals surface area contributed by atoms with Gasteiger partial charge in [-0.2, -0.15) is 5.26 Å². The molecule has 1 saturated heterocycles. The van der Waals surface area contributed by atoms with E-state index in [-0.39, 0.29) is 0 Å². The Morgan fingerprint density at radius 2 is 2.05 bits per heavy atom. The molecule has 1 fully saturated rings. The van der Waals surface area contributed by atoms with Gasteiger partial charge in [0, 0.05) is 19.6 Å². The fourth-order valence-electron chi connectivity index (χ4n) is 2.43. The van der Waals surface area contributed by atoms with Crippen molar-refractivity contribution in [3.05, 3.63) is 29.3 Å². The highest BCUT2D eigenvalue weighted by Gasteiger charge is 2.30. The number of rotatable bonds is 5. The third-order valence-electron chi connectivity index (χ3n) is 3.54. The number of benzene rings is 1. The quantitative estimate of drug-likeness (QED) is 0.686. The zero-order valence-electron chi connectivity index (χ0n) is 11.7. The van der Waals surface area contributed by atoms with Crippen molar-refractivity contribution in [1.29, 1.82) is 5.26 Å². The van der Waals surface area contributed by atoms with Crippen LogP contribution in [0.3, 0.4) is 0 Å². The van der Waals surface area contributed by atoms with Gasteiger partial charge in [-0.05, 0) is 30.7 Å². The molecular weight excluding hydrogens is 254 g/mol. The van der Waals surface area contributed by atoms with Crippen molar-refractivity contribution < 1.29 is 10.2 Å². The van der Waals surface area contributed by atoms with Gasteiger partial charge in [0.05, 0.1) is 23.5 Å². The third-order valence-corrected chi connectivity index (χ3v) is 3.54. The van der Waals surface area contributed by atoms with E-state index >= 15 is 0 Å². The Balaban J connectivity index is 2.13. The van der Waals surface area contributed by atoms with Crippen LogP contribution in [0.5, 0.6) is 0 Å². The number of hydrogen-bond acceptors (Lipinski definition) is 5. The van der Waals surface area contributed by atoms with E-state index in [1.807, 2.05) is 23.1 Å². The molecule has 1 aromatic rings. The molecule has 1 aromatic carbocycles. The normalized spacial score (nSPS) is 22.0. The van der Waals surface area contributed by atoms with Gasteiger partial charge in [0.2, 0.25) is 0 Å². The molecule has 2 rings (SSSR count). The second-order valence-electron chi connectivity index (χ2n) is 5.18. The monoisotopic (exact) mass is 275 g/mol. The number of aliphatic hydroxyl groups excluding tert-OH is 2. The molecule has 1 heterocycles. The number of β-amino-alcohol motifs (C(OH)–C–C–N with tert-alkyl or cyclic N) is 2. The maximum absolute atomic E-state index is 9.61. The Hall–Kier alpha value is -1.61. The molecule has 5 heteroatoms. The summed E-state index contributed by atoms with van der Waals surface area (Å²) < 4.78 is 0. The lowest BCUT2D eigenvalue weighted by molar-refractivity contribution is 0.0572. The first-order chi connectivity index (χ1) is 9.65. The maximum Gasteiger partial charge on any atom is 0.101 e. The van der Waals surface area contributed by atoms with Crippen LogP contribution in [-0.4, -0.2) is 42.1 Å². The molecule has 0 aromatic heterocycles. The summed E-state index contributed by atoms with van der Waals surface area (Å²) in [6, 6.07) is 7.95. The lowest BCUT2D eigenvalue weighted by Crippen LogP contribution is -2.22. The minimum absolute atomic E-state index is 0.364. The Kier molecular flexibility index (Phi) is 4.96. The van der Waals surface area contributed by atoms with Crippen LogP contribution in [0.25, 0.3) is 0 Å². The van der Waals surface area contributed by atoms with Crippen LogP contribution in [0.15, 0.2) is 18.2 Å². The standard InChI is InChI=1S/C15H21N3O2/c1-2-5-17-8-11-3-4-13(12(6-11)7-16)18-9-14(19)15(20)10-18/h3-4,6,14-15,17,19-20H,2,5,8-10H2,1H3. The highest BCUT2D eigenvalue weighted by atomic mass is 16.3. The SMILES string of the molecule is CCCNCc1ccc(N2CC(O)C(O)C2)c(C#N)c1. The summed E-state index contributed by atoms with van der Waals surface area (Å²) in [5.74, 6) is 0. The lowest BCUT2D eigenvalue weighted by Gasteiger charge is -2.19. The second kappa shape index (κ2) is 6.71. The predicted octanol–water partition coefficient (Wildman–Crippen LogP) is 0.600. The molecule has 1 aliphatic heterocycles. The van der Waals surface area contributed by atoms with E-state index < -0.39 is 12.2 Å². The van der Waals surface area contributed by atoms with Gasteiger partial charge in [-0.25, -0.2) is 0 Å². The highest BCUT2D eigenvalue weighted by Crippen LogP contribution is 2.25. The van der Waals surface area contributed by atoms with Crippen LogP contribution in [0.1, 0.15) is 24.5 Å². The number of nitrogens with zero attached hydrogens (tertiary/aromatic N) is 2. The van der Waals surface area contributed by atoms with Gasteiger partial charge in [-0.3, -0.25) is 0 Å². The van der Waals surface area contributed by atoms with Crippen LogP contribution in [0, 0.1) is 11.3 Å². The van der Waals surface area contributed by atoms with Crippen molar-refractivity contribution in [3.63, 3.8) is 0 Å². The Morgan fingerprint density at radius 3 is 2.65 bits per heavy atom. The molecule has 2 atom stereocenters. The molecule has 0 amide bonds. The van der Waals surface area contributed by atoms with Crippen LogP contribution >= 0.6 is 0 Å². The number of anilines is 1. The van der Waals surface area contributed by atoms with Crippen molar-refractivity contribution in [2.45, 2.75) is 32.1 Å². The summed E-state index contributed by atoms with van der Waals surface area (Å²) in [4.78, 5) is 1.86. The molecule has 0 saturated carbocycles. The zero-order valence-corrected chi connectivity index (χ0v) is 11.7. The van der Waals surface area contributed by atoms with Crippen LogP contribution in [0.4, 0.5) is 5.69 Å². The Morgan fingerprint density at radius 1 is 1.35 bits per heavy atom. The topological polar surface area (TPSA) is 79.5 Å². The molecule has 3 N–H and O–H groups in total. The number of nitrogens with one attached hydrogen (secondary N) is 1. The van der Waals surface area contributed by atoms with Crippen molar-refractivity contribution >= 4 is 5.69 Å². The first kappa shape index (κ1) is 14.8. The molecule has 2 unspecified atom stereocenters. The smallest absolute Gasteiger partial charge is 0.101 e. The maximum atomic E-state index is 9.61. The first-order valence-corrected chi connectivity index (χ1v) is 7.00. The molecule has 20 heavy (non-hydrogen) atoms. The van der Waals surface area contributed by atoms with Gasteiger partial charge in [-0.1, -0.05) is 13.0 Å². The number of aliphatic hydroxyl groups is 2. The molecule has 1 aliphatic rings. The van der Waals surface area contributed by atoms with E-state index in [0.29, 0.717) is 18.7 Å². The van der Waals surface area contributed by atoms with Crippen LogP contribution in [-0.2, 0) is 6.54 Å². The molecule has 0 bridgehead atoms. The molecule has 5 nitrogen and oxygen atoms in total. The molecule has 0 spiro atoms. The van der Waals surface area contributed by atoms with Gasteiger partial charge in [0.25, 0.3) is 0 Å². The third kappa shape index (κ3) is 3.28. The number of nitriles is 1. The second-order valence-corrected chi connectivity index (χ2v) is 5.18. The summed E-state index contributed by atoms with van der Waals surface area (Å²) in [6.45, 7) is 4.54. The van der Waals surface area contributed by atoms with Gasteiger partial charge in [0.1, 0.15) is 6.07 Å². The summed E-state index contributed by atoms with van der Waals surface area (Å²) in [5, 5.41) is 31.8. The van der Waals surface area contributed by atoms with E-state index in [1.54, 1.807) is 0 Å². The highest BCUT2D eigenvalue weighted by molar-refractivity contribution is 5.61. The lowest BCUT2D eigenvalue weighted by atomic mass is 10.1. The summed E-state index contributed by atoms with van der Waals surface area (Å²) in [6.07, 6.45) is -0.410. The van der Waals surface area contributed by atoms with Gasteiger partial charge in [-0.15, -0.1) is 0 Å². The molecule has 0 aliphatic carbocycles. The van der Waals surface area contributed by atoms with E-state index in [0.717, 1.165) is 30.8 Å². The van der Waals surface area contributed by atoms with Gasteiger partial charge in [0.15, 0.2) is 0 Å². The minimum Gasteiger partial charge on any atom is -0.389 e. The Labute approximate surface area is 119 Å². The zero-order chi connectivity index (χ0) is 14.5. The minimum atomic E-state index is -0.743. The van der Waals surface area contributed by atoms with Gasteiger partial charge < -0.3 is 20.4 Å². The Bertz CT molecular complexity index is 488. The molecule has 0 radical (unpaired) electrons. The number of hydrogen-bond donors (Lipinski definition) is 3. The average molecular weight is 275 g/mol. The summed E-state index contributed by atoms with van der Waals surface area (Å²) in [5.41, 5.74) is 2.43. The first-order valence-electron chi connectivity index (χ1n) is 7.00. The average Bonchev–Trinajstić information content (AvgIpc) is 2.78. The van der Waals surface area contributed by atoms with E-state index in [9.17, 15) is 15.5 Å². The molecule has 108 valence electrons. The van der Waals surface area contributed by atoms with E-state index in [1.165, 1.54) is 0 Å². The summed E-state index contributed by atoms with van der Waals surface area (Å²) >= 11 is 0. The predicted molar refractivity (Wildman–Crippen MR) is 77.4 cm³/mol. The van der Waals surface area contributed by atoms with Crippen LogP contribution in [0.2, 0.25) is 0 Å². The molecular formula is C15H21N3O2. The van der Waals surface area contributed by atoms with Crippen molar-refractivity contribution in [2.75, 3.05) is 24.5 Å². The largest absolute Gasteiger partial charge is 0.389 e. The van der Waals surface area contributed by atoms with E-state index in [4.69, 9.17) is 0 Å². The summed E-state index contributed by atoms with van der Waals surface area (Å²) in [7, 11) is 0. The fraction of sp³-hybridized carbons (Fsp3) is 0.533. The van der Waals surface area contributed by atoms with Crippen LogP contribution < -0.4 is 10.2 Å².